The second-order valence-electron chi connectivity index (χ2n) is 5.12. The second-order valence-corrected chi connectivity index (χ2v) is 5.12. The van der Waals surface area contributed by atoms with E-state index in [1.54, 1.807) is 26.0 Å². The van der Waals surface area contributed by atoms with Crippen LogP contribution in [0.5, 0.6) is 0 Å². The van der Waals surface area contributed by atoms with Crippen molar-refractivity contribution in [3.8, 4) is 0 Å². The third-order valence-electron chi connectivity index (χ3n) is 3.35. The van der Waals surface area contributed by atoms with E-state index >= 15 is 0 Å². The zero-order valence-corrected chi connectivity index (χ0v) is 12.0. The minimum Gasteiger partial charge on any atom is -0.348 e. The first kappa shape index (κ1) is 15.9. The van der Waals surface area contributed by atoms with Gasteiger partial charge in [0, 0.05) is 0 Å². The van der Waals surface area contributed by atoms with Gasteiger partial charge in [-0.25, -0.2) is 4.39 Å². The van der Waals surface area contributed by atoms with Gasteiger partial charge in [-0.05, 0) is 49.8 Å². The Kier molecular flexibility index (Phi) is 5.32. The summed E-state index contributed by atoms with van der Waals surface area (Å²) < 4.78 is 13.3. The minimum absolute atomic E-state index is 0. The number of carbonyl (C=O) groups is 1. The number of rotatable bonds is 4. The van der Waals surface area contributed by atoms with Crippen molar-refractivity contribution in [2.45, 2.75) is 38.8 Å². The van der Waals surface area contributed by atoms with Crippen LogP contribution in [0, 0.1) is 18.7 Å². The molecule has 3 nitrogen and oxygen atoms in total. The number of hydrogen-bond donors (Lipinski definition) is 2. The maximum Gasteiger partial charge on any atom is 0.237 e. The molecule has 0 spiro atoms. The molecule has 1 aromatic rings. The van der Waals surface area contributed by atoms with Crippen molar-refractivity contribution in [2.24, 2.45) is 11.7 Å². The lowest BCUT2D eigenvalue weighted by Gasteiger charge is -2.20. The van der Waals surface area contributed by atoms with Crippen molar-refractivity contribution < 1.29 is 9.18 Å². The van der Waals surface area contributed by atoms with Crippen LogP contribution in [0.4, 0.5) is 4.39 Å². The fourth-order valence-corrected chi connectivity index (χ4v) is 2.05. The third-order valence-corrected chi connectivity index (χ3v) is 3.35. The number of halogens is 2. The van der Waals surface area contributed by atoms with Crippen LogP contribution in [0.3, 0.4) is 0 Å². The molecule has 1 aliphatic carbocycles. The summed E-state index contributed by atoms with van der Waals surface area (Å²) in [5.41, 5.74) is 7.13. The molecular formula is C14H20ClFN2O. The van der Waals surface area contributed by atoms with Gasteiger partial charge in [-0.2, -0.15) is 0 Å². The van der Waals surface area contributed by atoms with E-state index in [9.17, 15) is 9.18 Å². The van der Waals surface area contributed by atoms with Crippen LogP contribution >= 0.6 is 12.4 Å². The number of hydrogen-bond acceptors (Lipinski definition) is 2. The Morgan fingerprint density at radius 1 is 1.47 bits per heavy atom. The summed E-state index contributed by atoms with van der Waals surface area (Å²) >= 11 is 0. The molecule has 0 saturated heterocycles. The van der Waals surface area contributed by atoms with E-state index in [1.807, 2.05) is 0 Å². The highest BCUT2D eigenvalue weighted by Crippen LogP contribution is 2.41. The van der Waals surface area contributed by atoms with Crippen LogP contribution in [-0.4, -0.2) is 11.9 Å². The van der Waals surface area contributed by atoms with Crippen LogP contribution in [0.25, 0.3) is 0 Å². The summed E-state index contributed by atoms with van der Waals surface area (Å²) in [6.07, 6.45) is 2.20. The molecule has 2 unspecified atom stereocenters. The zero-order chi connectivity index (χ0) is 13.3. The molecule has 0 bridgehead atoms. The van der Waals surface area contributed by atoms with E-state index < -0.39 is 6.04 Å². The number of carbonyl (C=O) groups excluding carboxylic acids is 1. The topological polar surface area (TPSA) is 55.1 Å². The average molecular weight is 287 g/mol. The maximum absolute atomic E-state index is 13.3. The van der Waals surface area contributed by atoms with Crippen molar-refractivity contribution in [3.05, 3.63) is 35.1 Å². The van der Waals surface area contributed by atoms with Gasteiger partial charge in [0.15, 0.2) is 0 Å². The molecule has 2 rings (SSSR count). The molecule has 106 valence electrons. The molecule has 19 heavy (non-hydrogen) atoms. The Bertz CT molecular complexity index is 461. The van der Waals surface area contributed by atoms with E-state index in [4.69, 9.17) is 5.73 Å². The molecular weight excluding hydrogens is 267 g/mol. The molecule has 1 amide bonds. The van der Waals surface area contributed by atoms with Gasteiger partial charge >= 0.3 is 0 Å². The molecule has 1 fully saturated rings. The summed E-state index contributed by atoms with van der Waals surface area (Å²) in [7, 11) is 0. The maximum atomic E-state index is 13.3. The van der Waals surface area contributed by atoms with E-state index in [2.05, 4.69) is 5.32 Å². The molecule has 2 atom stereocenters. The Labute approximate surface area is 119 Å². The van der Waals surface area contributed by atoms with Crippen LogP contribution < -0.4 is 11.1 Å². The van der Waals surface area contributed by atoms with Crippen molar-refractivity contribution in [1.82, 2.24) is 5.32 Å². The Balaban J connectivity index is 0.00000180. The predicted octanol–water partition coefficient (Wildman–Crippen LogP) is 2.47. The van der Waals surface area contributed by atoms with Crippen molar-refractivity contribution >= 4 is 18.3 Å². The summed E-state index contributed by atoms with van der Waals surface area (Å²) in [4.78, 5) is 11.7. The second kappa shape index (κ2) is 6.35. The van der Waals surface area contributed by atoms with E-state index in [1.165, 1.54) is 6.07 Å². The Hall–Kier alpha value is -1.13. The molecule has 1 aromatic carbocycles. The molecule has 1 saturated carbocycles. The number of nitrogens with two attached hydrogens (primary N) is 1. The summed E-state index contributed by atoms with van der Waals surface area (Å²) in [6.45, 7) is 3.39. The van der Waals surface area contributed by atoms with Gasteiger partial charge < -0.3 is 11.1 Å². The molecule has 5 heteroatoms. The van der Waals surface area contributed by atoms with Crippen molar-refractivity contribution in [3.63, 3.8) is 0 Å². The summed E-state index contributed by atoms with van der Waals surface area (Å²) in [6, 6.07) is 4.44. The molecule has 1 aliphatic rings. The van der Waals surface area contributed by atoms with Crippen LogP contribution in [0.2, 0.25) is 0 Å². The van der Waals surface area contributed by atoms with Gasteiger partial charge in [-0.15, -0.1) is 12.4 Å². The van der Waals surface area contributed by atoms with Gasteiger partial charge in [0.25, 0.3) is 0 Å². The first-order valence-corrected chi connectivity index (χ1v) is 6.31. The van der Waals surface area contributed by atoms with Crippen LogP contribution in [0.15, 0.2) is 18.2 Å². The average Bonchev–Trinajstić information content (AvgIpc) is 3.13. The number of amides is 1. The van der Waals surface area contributed by atoms with Gasteiger partial charge in [0.2, 0.25) is 5.91 Å². The van der Waals surface area contributed by atoms with E-state index in [0.717, 1.165) is 18.4 Å². The first-order chi connectivity index (χ1) is 8.49. The Morgan fingerprint density at radius 3 is 2.58 bits per heavy atom. The van der Waals surface area contributed by atoms with E-state index in [0.29, 0.717) is 11.5 Å². The summed E-state index contributed by atoms with van der Waals surface area (Å²) in [5, 5.41) is 2.95. The van der Waals surface area contributed by atoms with Gasteiger partial charge in [-0.1, -0.05) is 12.1 Å². The molecule has 0 heterocycles. The molecule has 0 aliphatic heterocycles. The largest absolute Gasteiger partial charge is 0.348 e. The fraction of sp³-hybridized carbons (Fsp3) is 0.500. The van der Waals surface area contributed by atoms with Crippen LogP contribution in [-0.2, 0) is 4.79 Å². The Morgan fingerprint density at radius 2 is 2.11 bits per heavy atom. The normalized spacial score (nSPS) is 17.3. The smallest absolute Gasteiger partial charge is 0.237 e. The minimum atomic E-state index is -0.521. The lowest BCUT2D eigenvalue weighted by molar-refractivity contribution is -0.122. The lowest BCUT2D eigenvalue weighted by atomic mass is 10.00. The van der Waals surface area contributed by atoms with Crippen LogP contribution in [0.1, 0.15) is 36.9 Å². The van der Waals surface area contributed by atoms with Gasteiger partial charge in [-0.3, -0.25) is 4.79 Å². The quantitative estimate of drug-likeness (QED) is 0.893. The highest BCUT2D eigenvalue weighted by molar-refractivity contribution is 5.85. The highest BCUT2D eigenvalue weighted by Gasteiger charge is 2.34. The number of nitrogens with one attached hydrogen (secondary N) is 1. The zero-order valence-electron chi connectivity index (χ0n) is 11.2. The first-order valence-electron chi connectivity index (χ1n) is 6.31. The summed E-state index contributed by atoms with van der Waals surface area (Å²) in [5.74, 6) is 0.0817. The molecule has 3 N–H and O–H groups in total. The predicted molar refractivity (Wildman–Crippen MR) is 75.6 cm³/mol. The number of benzene rings is 1. The monoisotopic (exact) mass is 286 g/mol. The SMILES string of the molecule is Cc1cc(C(NC(=O)C(C)N)C2CC2)ccc1F.Cl. The van der Waals surface area contributed by atoms with Crippen molar-refractivity contribution in [2.75, 3.05) is 0 Å². The molecule has 0 radical (unpaired) electrons. The van der Waals surface area contributed by atoms with Crippen molar-refractivity contribution in [1.29, 1.82) is 0 Å². The fourth-order valence-electron chi connectivity index (χ4n) is 2.05. The van der Waals surface area contributed by atoms with E-state index in [-0.39, 0.29) is 30.2 Å². The van der Waals surface area contributed by atoms with Gasteiger partial charge in [0.05, 0.1) is 12.1 Å². The lowest BCUT2D eigenvalue weighted by Crippen LogP contribution is -2.41. The highest BCUT2D eigenvalue weighted by atomic mass is 35.5. The molecule has 0 aromatic heterocycles. The standard InChI is InChI=1S/C14H19FN2O.ClH/c1-8-7-11(5-6-12(8)15)13(10-3-4-10)17-14(18)9(2)16;/h5-7,9-10,13H,3-4,16H2,1-2H3,(H,17,18);1H. The third kappa shape index (κ3) is 3.91. The number of aryl methyl sites for hydroxylation is 1. The van der Waals surface area contributed by atoms with Gasteiger partial charge in [0.1, 0.15) is 5.82 Å².